The van der Waals surface area contributed by atoms with Crippen LogP contribution in [0.2, 0.25) is 0 Å². The molecule has 5 heteroatoms. The number of pyridine rings is 1. The van der Waals surface area contributed by atoms with E-state index >= 15 is 0 Å². The van der Waals surface area contributed by atoms with Crippen molar-refractivity contribution in [1.29, 1.82) is 0 Å². The molecule has 1 unspecified atom stereocenters. The van der Waals surface area contributed by atoms with Crippen LogP contribution in [-0.4, -0.2) is 36.0 Å². The van der Waals surface area contributed by atoms with Crippen LogP contribution < -0.4 is 10.6 Å². The lowest BCUT2D eigenvalue weighted by Crippen LogP contribution is -2.30. The number of aryl methyl sites for hydroxylation is 1. The van der Waals surface area contributed by atoms with Gasteiger partial charge in [0.25, 0.3) is 5.91 Å². The van der Waals surface area contributed by atoms with Gasteiger partial charge in [0, 0.05) is 25.0 Å². The number of nitrogens with zero attached hydrogens (tertiary/aromatic N) is 1. The van der Waals surface area contributed by atoms with Gasteiger partial charge in [0.2, 0.25) is 0 Å². The lowest BCUT2D eigenvalue weighted by atomic mass is 10.1. The minimum absolute atomic E-state index is 0.0518. The van der Waals surface area contributed by atoms with Crippen molar-refractivity contribution in [2.75, 3.05) is 30.4 Å². The van der Waals surface area contributed by atoms with E-state index in [4.69, 9.17) is 0 Å². The summed E-state index contributed by atoms with van der Waals surface area (Å²) in [6.07, 6.45) is 4.75. The van der Waals surface area contributed by atoms with Gasteiger partial charge in [-0.15, -0.1) is 0 Å². The number of anilines is 1. The Morgan fingerprint density at radius 2 is 2.25 bits per heavy atom. The number of thioether (sulfide) groups is 1. The molecule has 0 fully saturated rings. The maximum Gasteiger partial charge on any atom is 0.254 e. The van der Waals surface area contributed by atoms with E-state index in [9.17, 15) is 4.79 Å². The van der Waals surface area contributed by atoms with Crippen molar-refractivity contribution < 1.29 is 4.79 Å². The molecule has 1 aromatic heterocycles. The summed E-state index contributed by atoms with van der Waals surface area (Å²) in [6, 6.07) is 1.93. The first-order chi connectivity index (χ1) is 9.58. The number of hydrogen-bond donors (Lipinski definition) is 2. The quantitative estimate of drug-likeness (QED) is 0.774. The summed E-state index contributed by atoms with van der Waals surface area (Å²) >= 11 is 1.80. The Bertz CT molecular complexity index is 437. The van der Waals surface area contributed by atoms with E-state index in [1.165, 1.54) is 0 Å². The Morgan fingerprint density at radius 1 is 1.50 bits per heavy atom. The van der Waals surface area contributed by atoms with Crippen LogP contribution in [0.5, 0.6) is 0 Å². The fraction of sp³-hybridized carbons (Fsp3) is 0.600. The van der Waals surface area contributed by atoms with Gasteiger partial charge in [-0.2, -0.15) is 11.8 Å². The highest BCUT2D eigenvalue weighted by atomic mass is 32.2. The molecule has 0 saturated heterocycles. The third-order valence-electron chi connectivity index (χ3n) is 2.91. The standard InChI is InChI=1S/C15H25N3OS/c1-5-6-16-14-7-12(3)17-9-13(14)15(19)18-8-11(2)10-20-4/h7,9,11H,5-6,8,10H2,1-4H3,(H,16,17)(H,18,19). The van der Waals surface area contributed by atoms with Crippen LogP contribution in [0, 0.1) is 12.8 Å². The molecule has 0 bridgehead atoms. The molecule has 2 N–H and O–H groups in total. The first kappa shape index (κ1) is 16.8. The molecule has 1 aromatic rings. The number of nitrogens with one attached hydrogen (secondary N) is 2. The molecule has 20 heavy (non-hydrogen) atoms. The molecule has 112 valence electrons. The van der Waals surface area contributed by atoms with E-state index in [1.54, 1.807) is 18.0 Å². The summed E-state index contributed by atoms with van der Waals surface area (Å²) in [7, 11) is 0. The van der Waals surface area contributed by atoms with Gasteiger partial charge in [-0.3, -0.25) is 9.78 Å². The average molecular weight is 295 g/mol. The van der Waals surface area contributed by atoms with Crippen LogP contribution in [0.3, 0.4) is 0 Å². The van der Waals surface area contributed by atoms with E-state index < -0.39 is 0 Å². The summed E-state index contributed by atoms with van der Waals surface area (Å²) in [4.78, 5) is 16.5. The Morgan fingerprint density at radius 3 is 2.90 bits per heavy atom. The van der Waals surface area contributed by atoms with Crippen LogP contribution in [0.25, 0.3) is 0 Å². The average Bonchev–Trinajstić information content (AvgIpc) is 2.43. The Balaban J connectivity index is 2.71. The highest BCUT2D eigenvalue weighted by Gasteiger charge is 2.13. The third-order valence-corrected chi connectivity index (χ3v) is 3.82. The minimum atomic E-state index is -0.0518. The molecule has 1 rings (SSSR count). The second-order valence-electron chi connectivity index (χ2n) is 5.07. The number of carbonyl (C=O) groups excluding carboxylic acids is 1. The predicted octanol–water partition coefficient (Wildman–Crippen LogP) is 2.94. The number of aromatic nitrogens is 1. The SMILES string of the molecule is CCCNc1cc(C)ncc1C(=O)NCC(C)CSC. The van der Waals surface area contributed by atoms with Crippen molar-refractivity contribution in [2.45, 2.75) is 27.2 Å². The van der Waals surface area contributed by atoms with E-state index in [0.717, 1.165) is 30.1 Å². The molecule has 0 radical (unpaired) electrons. The van der Waals surface area contributed by atoms with Crippen molar-refractivity contribution in [1.82, 2.24) is 10.3 Å². The van der Waals surface area contributed by atoms with Crippen molar-refractivity contribution in [3.8, 4) is 0 Å². The minimum Gasteiger partial charge on any atom is -0.384 e. The molecule has 1 heterocycles. The maximum atomic E-state index is 12.3. The van der Waals surface area contributed by atoms with Crippen molar-refractivity contribution in [2.24, 2.45) is 5.92 Å². The normalized spacial score (nSPS) is 12.0. The highest BCUT2D eigenvalue weighted by Crippen LogP contribution is 2.16. The lowest BCUT2D eigenvalue weighted by Gasteiger charge is -2.14. The number of rotatable bonds is 8. The summed E-state index contributed by atoms with van der Waals surface area (Å²) < 4.78 is 0. The fourth-order valence-electron chi connectivity index (χ4n) is 1.85. The molecule has 0 spiro atoms. The first-order valence-corrected chi connectivity index (χ1v) is 8.45. The van der Waals surface area contributed by atoms with Gasteiger partial charge < -0.3 is 10.6 Å². The topological polar surface area (TPSA) is 54.0 Å². The van der Waals surface area contributed by atoms with Gasteiger partial charge in [-0.05, 0) is 37.3 Å². The molecule has 0 aliphatic rings. The van der Waals surface area contributed by atoms with Crippen molar-refractivity contribution >= 4 is 23.4 Å². The second kappa shape index (κ2) is 8.84. The molecule has 4 nitrogen and oxygen atoms in total. The molecule has 0 aliphatic carbocycles. The summed E-state index contributed by atoms with van der Waals surface area (Å²) in [5.41, 5.74) is 2.41. The maximum absolute atomic E-state index is 12.3. The zero-order chi connectivity index (χ0) is 15.0. The smallest absolute Gasteiger partial charge is 0.254 e. The third kappa shape index (κ3) is 5.41. The van der Waals surface area contributed by atoms with Gasteiger partial charge in [0.05, 0.1) is 11.3 Å². The molecule has 1 atom stereocenters. The van der Waals surface area contributed by atoms with Gasteiger partial charge in [-0.1, -0.05) is 13.8 Å². The lowest BCUT2D eigenvalue weighted by molar-refractivity contribution is 0.0949. The van der Waals surface area contributed by atoms with E-state index in [-0.39, 0.29) is 5.91 Å². The zero-order valence-electron chi connectivity index (χ0n) is 12.8. The number of carbonyl (C=O) groups is 1. The second-order valence-corrected chi connectivity index (χ2v) is 5.98. The van der Waals surface area contributed by atoms with Crippen LogP contribution in [0.1, 0.15) is 36.3 Å². The molecular weight excluding hydrogens is 270 g/mol. The number of amides is 1. The van der Waals surface area contributed by atoms with Gasteiger partial charge in [-0.25, -0.2) is 0 Å². The van der Waals surface area contributed by atoms with E-state index in [1.807, 2.05) is 13.0 Å². The Labute approximate surface area is 126 Å². The predicted molar refractivity (Wildman–Crippen MR) is 87.6 cm³/mol. The molecular formula is C15H25N3OS. The zero-order valence-corrected chi connectivity index (χ0v) is 13.6. The highest BCUT2D eigenvalue weighted by molar-refractivity contribution is 7.98. The van der Waals surface area contributed by atoms with Crippen molar-refractivity contribution in [3.05, 3.63) is 23.5 Å². The van der Waals surface area contributed by atoms with Crippen LogP contribution >= 0.6 is 11.8 Å². The summed E-state index contributed by atoms with van der Waals surface area (Å²) in [5, 5.41) is 6.28. The van der Waals surface area contributed by atoms with Crippen LogP contribution in [-0.2, 0) is 0 Å². The molecule has 1 amide bonds. The van der Waals surface area contributed by atoms with Gasteiger partial charge >= 0.3 is 0 Å². The van der Waals surface area contributed by atoms with Gasteiger partial charge in [0.15, 0.2) is 0 Å². The molecule has 0 saturated carbocycles. The molecule has 0 aromatic carbocycles. The molecule has 0 aliphatic heterocycles. The Hall–Kier alpha value is -1.23. The summed E-state index contributed by atoms with van der Waals surface area (Å²) in [6.45, 7) is 7.72. The number of hydrogen-bond acceptors (Lipinski definition) is 4. The van der Waals surface area contributed by atoms with E-state index in [0.29, 0.717) is 18.0 Å². The summed E-state index contributed by atoms with van der Waals surface area (Å²) in [5.74, 6) is 1.47. The fourth-order valence-corrected chi connectivity index (χ4v) is 2.54. The van der Waals surface area contributed by atoms with Crippen LogP contribution in [0.4, 0.5) is 5.69 Å². The van der Waals surface area contributed by atoms with Crippen molar-refractivity contribution in [3.63, 3.8) is 0 Å². The van der Waals surface area contributed by atoms with Gasteiger partial charge in [0.1, 0.15) is 0 Å². The monoisotopic (exact) mass is 295 g/mol. The Kier molecular flexibility index (Phi) is 7.44. The van der Waals surface area contributed by atoms with Crippen LogP contribution in [0.15, 0.2) is 12.3 Å². The first-order valence-electron chi connectivity index (χ1n) is 7.06. The largest absolute Gasteiger partial charge is 0.384 e. The van der Waals surface area contributed by atoms with E-state index in [2.05, 4.69) is 35.7 Å².